The Hall–Kier alpha value is -0.0800. The standard InChI is InChI=1S/C13H28N2/c1-10(13(2,3)4)14-9-12(15(5)6)11-7-8-11/h10-12,14H,7-9H2,1-6H3/t10-,12+/m0/s1. The first-order valence-electron chi connectivity index (χ1n) is 6.22. The summed E-state index contributed by atoms with van der Waals surface area (Å²) in [5, 5.41) is 3.68. The molecule has 0 unspecified atom stereocenters. The Bertz CT molecular complexity index is 187. The van der Waals surface area contributed by atoms with E-state index in [1.807, 2.05) is 0 Å². The normalized spacial score (nSPS) is 21.8. The molecule has 0 heterocycles. The van der Waals surface area contributed by atoms with Gasteiger partial charge in [-0.15, -0.1) is 0 Å². The zero-order valence-corrected chi connectivity index (χ0v) is 11.3. The summed E-state index contributed by atoms with van der Waals surface area (Å²) in [5.41, 5.74) is 0.362. The molecule has 0 aromatic heterocycles. The van der Waals surface area contributed by atoms with Gasteiger partial charge in [-0.25, -0.2) is 0 Å². The Balaban J connectivity index is 2.33. The molecule has 15 heavy (non-hydrogen) atoms. The Labute approximate surface area is 95.4 Å². The fourth-order valence-corrected chi connectivity index (χ4v) is 1.86. The highest BCUT2D eigenvalue weighted by Crippen LogP contribution is 2.34. The van der Waals surface area contributed by atoms with Gasteiger partial charge in [0, 0.05) is 18.6 Å². The van der Waals surface area contributed by atoms with Crippen LogP contribution in [0.5, 0.6) is 0 Å². The largest absolute Gasteiger partial charge is 0.312 e. The van der Waals surface area contributed by atoms with E-state index in [0.29, 0.717) is 11.5 Å². The van der Waals surface area contributed by atoms with E-state index in [-0.39, 0.29) is 0 Å². The number of nitrogens with zero attached hydrogens (tertiary/aromatic N) is 1. The molecule has 0 aromatic carbocycles. The Morgan fingerprint density at radius 2 is 1.80 bits per heavy atom. The maximum atomic E-state index is 3.68. The molecule has 1 rings (SSSR count). The van der Waals surface area contributed by atoms with Crippen molar-refractivity contribution in [3.8, 4) is 0 Å². The average molecular weight is 212 g/mol. The third kappa shape index (κ3) is 4.12. The van der Waals surface area contributed by atoms with Gasteiger partial charge in [-0.1, -0.05) is 20.8 Å². The zero-order chi connectivity index (χ0) is 11.6. The van der Waals surface area contributed by atoms with Crippen molar-refractivity contribution in [2.45, 2.75) is 52.6 Å². The molecule has 90 valence electrons. The molecule has 1 aliphatic rings. The molecule has 1 aliphatic carbocycles. The van der Waals surface area contributed by atoms with Crippen LogP contribution in [0.4, 0.5) is 0 Å². The van der Waals surface area contributed by atoms with Gasteiger partial charge in [0.05, 0.1) is 0 Å². The van der Waals surface area contributed by atoms with Crippen LogP contribution in [0.2, 0.25) is 0 Å². The predicted octanol–water partition coefficient (Wildman–Crippen LogP) is 2.35. The molecule has 2 nitrogen and oxygen atoms in total. The molecule has 2 atom stereocenters. The SMILES string of the molecule is C[C@H](NC[C@H](C1CC1)N(C)C)C(C)(C)C. The van der Waals surface area contributed by atoms with Gasteiger partial charge in [-0.3, -0.25) is 0 Å². The van der Waals surface area contributed by atoms with Gasteiger partial charge in [0.2, 0.25) is 0 Å². The van der Waals surface area contributed by atoms with Crippen LogP contribution in [-0.4, -0.2) is 37.6 Å². The molecular weight excluding hydrogens is 184 g/mol. The van der Waals surface area contributed by atoms with Gasteiger partial charge in [0.25, 0.3) is 0 Å². The summed E-state index contributed by atoms with van der Waals surface area (Å²) in [4.78, 5) is 2.38. The Kier molecular flexibility index (Phi) is 4.19. The zero-order valence-electron chi connectivity index (χ0n) is 11.3. The molecule has 1 N–H and O–H groups in total. The van der Waals surface area contributed by atoms with E-state index in [4.69, 9.17) is 0 Å². The fraction of sp³-hybridized carbons (Fsp3) is 1.00. The van der Waals surface area contributed by atoms with Crippen molar-refractivity contribution in [1.29, 1.82) is 0 Å². The second kappa shape index (κ2) is 4.84. The molecular formula is C13H28N2. The van der Waals surface area contributed by atoms with Crippen molar-refractivity contribution in [2.75, 3.05) is 20.6 Å². The van der Waals surface area contributed by atoms with Gasteiger partial charge < -0.3 is 10.2 Å². The van der Waals surface area contributed by atoms with Gasteiger partial charge >= 0.3 is 0 Å². The summed E-state index contributed by atoms with van der Waals surface area (Å²) < 4.78 is 0. The molecule has 0 spiro atoms. The van der Waals surface area contributed by atoms with Crippen LogP contribution in [-0.2, 0) is 0 Å². The molecule has 0 amide bonds. The maximum absolute atomic E-state index is 3.68. The first kappa shape index (κ1) is 13.0. The van der Waals surface area contributed by atoms with Crippen molar-refractivity contribution < 1.29 is 0 Å². The lowest BCUT2D eigenvalue weighted by molar-refractivity contribution is 0.219. The summed E-state index contributed by atoms with van der Waals surface area (Å²) >= 11 is 0. The monoisotopic (exact) mass is 212 g/mol. The maximum Gasteiger partial charge on any atom is 0.0242 e. The summed E-state index contributed by atoms with van der Waals surface area (Å²) in [5.74, 6) is 0.944. The van der Waals surface area contributed by atoms with Crippen LogP contribution in [0, 0.1) is 11.3 Å². The van der Waals surface area contributed by atoms with Crippen LogP contribution in [0.3, 0.4) is 0 Å². The van der Waals surface area contributed by atoms with Gasteiger partial charge in [-0.05, 0) is 45.2 Å². The summed E-state index contributed by atoms with van der Waals surface area (Å²) in [6.45, 7) is 10.3. The van der Waals surface area contributed by atoms with E-state index < -0.39 is 0 Å². The molecule has 1 fully saturated rings. The molecule has 1 saturated carbocycles. The molecule has 0 aliphatic heterocycles. The van der Waals surface area contributed by atoms with E-state index in [2.05, 4.69) is 52.0 Å². The fourth-order valence-electron chi connectivity index (χ4n) is 1.86. The molecule has 0 aromatic rings. The van der Waals surface area contributed by atoms with E-state index in [1.54, 1.807) is 0 Å². The quantitative estimate of drug-likeness (QED) is 0.752. The summed E-state index contributed by atoms with van der Waals surface area (Å²) in [6.07, 6.45) is 2.85. The van der Waals surface area contributed by atoms with Crippen LogP contribution in [0.1, 0.15) is 40.5 Å². The summed E-state index contributed by atoms with van der Waals surface area (Å²) in [6, 6.07) is 1.31. The first-order chi connectivity index (χ1) is 6.82. The second-order valence-electron chi connectivity index (χ2n) is 6.36. The van der Waals surface area contributed by atoms with Crippen molar-refractivity contribution in [2.24, 2.45) is 11.3 Å². The number of hydrogen-bond donors (Lipinski definition) is 1. The molecule has 0 bridgehead atoms. The highest BCUT2D eigenvalue weighted by atomic mass is 15.1. The van der Waals surface area contributed by atoms with E-state index in [9.17, 15) is 0 Å². The summed E-state index contributed by atoms with van der Waals surface area (Å²) in [7, 11) is 4.40. The smallest absolute Gasteiger partial charge is 0.0242 e. The number of nitrogens with one attached hydrogen (secondary N) is 1. The van der Waals surface area contributed by atoms with Crippen molar-refractivity contribution in [1.82, 2.24) is 10.2 Å². The average Bonchev–Trinajstić information content (AvgIpc) is 2.85. The van der Waals surface area contributed by atoms with E-state index in [0.717, 1.165) is 18.5 Å². The van der Waals surface area contributed by atoms with Crippen LogP contribution < -0.4 is 5.32 Å². The molecule has 2 heteroatoms. The minimum absolute atomic E-state index is 0.362. The molecule has 0 radical (unpaired) electrons. The topological polar surface area (TPSA) is 15.3 Å². The third-order valence-electron chi connectivity index (χ3n) is 3.76. The van der Waals surface area contributed by atoms with Gasteiger partial charge in [0.15, 0.2) is 0 Å². The van der Waals surface area contributed by atoms with Crippen LogP contribution in [0.25, 0.3) is 0 Å². The van der Waals surface area contributed by atoms with E-state index in [1.165, 1.54) is 12.8 Å². The number of likely N-dealkylation sites (N-methyl/N-ethyl adjacent to an activating group) is 1. The number of hydrogen-bond acceptors (Lipinski definition) is 2. The lowest BCUT2D eigenvalue weighted by Crippen LogP contribution is -2.46. The van der Waals surface area contributed by atoms with Crippen LogP contribution in [0.15, 0.2) is 0 Å². The Morgan fingerprint density at radius 3 is 2.13 bits per heavy atom. The van der Waals surface area contributed by atoms with Gasteiger partial charge in [-0.2, -0.15) is 0 Å². The van der Waals surface area contributed by atoms with Gasteiger partial charge in [0.1, 0.15) is 0 Å². The first-order valence-corrected chi connectivity index (χ1v) is 6.22. The van der Waals surface area contributed by atoms with E-state index >= 15 is 0 Å². The lowest BCUT2D eigenvalue weighted by Gasteiger charge is -2.32. The van der Waals surface area contributed by atoms with Crippen molar-refractivity contribution in [3.63, 3.8) is 0 Å². The molecule has 0 saturated heterocycles. The second-order valence-corrected chi connectivity index (χ2v) is 6.36. The highest BCUT2D eigenvalue weighted by Gasteiger charge is 2.33. The minimum Gasteiger partial charge on any atom is -0.312 e. The Morgan fingerprint density at radius 1 is 1.27 bits per heavy atom. The number of rotatable bonds is 5. The third-order valence-corrected chi connectivity index (χ3v) is 3.76. The predicted molar refractivity (Wildman–Crippen MR) is 67.1 cm³/mol. The lowest BCUT2D eigenvalue weighted by atomic mass is 9.88. The van der Waals surface area contributed by atoms with Crippen molar-refractivity contribution >= 4 is 0 Å². The minimum atomic E-state index is 0.362. The van der Waals surface area contributed by atoms with Crippen molar-refractivity contribution in [3.05, 3.63) is 0 Å². The highest BCUT2D eigenvalue weighted by molar-refractivity contribution is 4.89. The van der Waals surface area contributed by atoms with Crippen LogP contribution >= 0.6 is 0 Å².